The van der Waals surface area contributed by atoms with Crippen molar-refractivity contribution in [1.29, 1.82) is 0 Å². The summed E-state index contributed by atoms with van der Waals surface area (Å²) in [5, 5.41) is 4.62. The molecule has 2 heterocycles. The number of imidazole rings is 1. The normalized spacial score (nSPS) is 11.1. The van der Waals surface area contributed by atoms with Gasteiger partial charge in [0.05, 0.1) is 22.0 Å². The van der Waals surface area contributed by atoms with Crippen molar-refractivity contribution in [3.8, 4) is 22.5 Å². The minimum Gasteiger partial charge on any atom is -0.352 e. The standard InChI is InChI=1S/C24H20Cl3N3O/c1-2-3-12-28-24(31)17-13-20(27)23-29-21(15-4-8-18(25)9-5-15)22(30(23)14-17)16-6-10-19(26)11-7-16/h4-11,13-14H,2-3,12H2,1H3,(H,28,31). The Balaban J connectivity index is 1.92. The van der Waals surface area contributed by atoms with E-state index in [4.69, 9.17) is 39.8 Å². The Morgan fingerprint density at radius 1 is 0.968 bits per heavy atom. The maximum Gasteiger partial charge on any atom is 0.252 e. The van der Waals surface area contributed by atoms with E-state index in [0.717, 1.165) is 35.4 Å². The Labute approximate surface area is 195 Å². The molecule has 0 spiro atoms. The van der Waals surface area contributed by atoms with Gasteiger partial charge in [-0.3, -0.25) is 9.20 Å². The Hall–Kier alpha value is -2.53. The minimum atomic E-state index is -0.166. The van der Waals surface area contributed by atoms with Gasteiger partial charge in [0.15, 0.2) is 5.65 Å². The quantitative estimate of drug-likeness (QED) is 0.303. The van der Waals surface area contributed by atoms with Crippen molar-refractivity contribution in [3.05, 3.63) is 81.4 Å². The average molecular weight is 473 g/mol. The van der Waals surface area contributed by atoms with Crippen LogP contribution in [0.2, 0.25) is 15.1 Å². The molecule has 0 radical (unpaired) electrons. The zero-order valence-electron chi connectivity index (χ0n) is 16.8. The van der Waals surface area contributed by atoms with E-state index < -0.39 is 0 Å². The van der Waals surface area contributed by atoms with Crippen LogP contribution in [0.4, 0.5) is 0 Å². The van der Waals surface area contributed by atoms with Crippen LogP contribution < -0.4 is 5.32 Å². The van der Waals surface area contributed by atoms with Crippen LogP contribution in [0, 0.1) is 0 Å². The first kappa shape index (κ1) is 21.7. The highest BCUT2D eigenvalue weighted by Crippen LogP contribution is 2.36. The number of pyridine rings is 1. The topological polar surface area (TPSA) is 46.4 Å². The summed E-state index contributed by atoms with van der Waals surface area (Å²) in [4.78, 5) is 17.5. The van der Waals surface area contributed by atoms with Gasteiger partial charge in [0, 0.05) is 33.9 Å². The Morgan fingerprint density at radius 3 is 2.19 bits per heavy atom. The van der Waals surface area contributed by atoms with E-state index in [9.17, 15) is 4.79 Å². The van der Waals surface area contributed by atoms with E-state index in [1.165, 1.54) is 0 Å². The molecule has 0 saturated carbocycles. The van der Waals surface area contributed by atoms with Crippen LogP contribution >= 0.6 is 34.8 Å². The third-order valence-electron chi connectivity index (χ3n) is 4.99. The lowest BCUT2D eigenvalue weighted by Gasteiger charge is -2.09. The molecule has 0 atom stereocenters. The molecule has 4 nitrogen and oxygen atoms in total. The van der Waals surface area contributed by atoms with Gasteiger partial charge >= 0.3 is 0 Å². The summed E-state index contributed by atoms with van der Waals surface area (Å²) in [5.74, 6) is -0.166. The monoisotopic (exact) mass is 471 g/mol. The molecule has 0 aliphatic carbocycles. The van der Waals surface area contributed by atoms with Gasteiger partial charge in [0.25, 0.3) is 5.91 Å². The molecule has 1 amide bonds. The van der Waals surface area contributed by atoms with Crippen LogP contribution in [-0.2, 0) is 0 Å². The van der Waals surface area contributed by atoms with Crippen molar-refractivity contribution in [3.63, 3.8) is 0 Å². The Bertz CT molecular complexity index is 1230. The number of rotatable bonds is 6. The highest BCUT2D eigenvalue weighted by atomic mass is 35.5. The molecule has 0 aliphatic heterocycles. The second kappa shape index (κ2) is 9.31. The number of halogens is 3. The number of carbonyl (C=O) groups excluding carboxylic acids is 1. The molecule has 4 rings (SSSR count). The fourth-order valence-corrected chi connectivity index (χ4v) is 3.90. The summed E-state index contributed by atoms with van der Waals surface area (Å²) < 4.78 is 1.87. The number of fused-ring (bicyclic) bond motifs is 1. The number of aromatic nitrogens is 2. The predicted octanol–water partition coefficient (Wildman–Crippen LogP) is 7.16. The molecule has 0 bridgehead atoms. The fourth-order valence-electron chi connectivity index (χ4n) is 3.40. The number of unbranched alkanes of at least 4 members (excludes halogenated alkanes) is 1. The first-order chi connectivity index (χ1) is 15.0. The third-order valence-corrected chi connectivity index (χ3v) is 5.77. The molecule has 2 aromatic heterocycles. The Morgan fingerprint density at radius 2 is 1.58 bits per heavy atom. The zero-order chi connectivity index (χ0) is 22.0. The van der Waals surface area contributed by atoms with E-state index in [1.54, 1.807) is 12.3 Å². The van der Waals surface area contributed by atoms with Gasteiger partial charge in [-0.15, -0.1) is 0 Å². The van der Waals surface area contributed by atoms with Crippen molar-refractivity contribution >= 4 is 46.4 Å². The van der Waals surface area contributed by atoms with E-state index >= 15 is 0 Å². The van der Waals surface area contributed by atoms with Crippen LogP contribution in [-0.4, -0.2) is 21.8 Å². The summed E-state index contributed by atoms with van der Waals surface area (Å²) in [6, 6.07) is 16.6. The molecule has 0 unspecified atom stereocenters. The lowest BCUT2D eigenvalue weighted by molar-refractivity contribution is 0.0952. The molecule has 31 heavy (non-hydrogen) atoms. The largest absolute Gasteiger partial charge is 0.352 e. The number of hydrogen-bond acceptors (Lipinski definition) is 2. The average Bonchev–Trinajstić information content (AvgIpc) is 3.15. The van der Waals surface area contributed by atoms with Gasteiger partial charge in [0.2, 0.25) is 0 Å². The molecule has 4 aromatic rings. The van der Waals surface area contributed by atoms with E-state index in [1.807, 2.05) is 52.9 Å². The zero-order valence-corrected chi connectivity index (χ0v) is 19.1. The number of nitrogens with one attached hydrogen (secondary N) is 1. The summed E-state index contributed by atoms with van der Waals surface area (Å²) in [7, 11) is 0. The minimum absolute atomic E-state index is 0.166. The molecule has 0 saturated heterocycles. The van der Waals surface area contributed by atoms with Gasteiger partial charge in [-0.1, -0.05) is 72.4 Å². The molecule has 0 fully saturated rings. The number of carbonyl (C=O) groups is 1. The summed E-state index contributed by atoms with van der Waals surface area (Å²) in [6.07, 6.45) is 3.70. The number of nitrogens with zero attached hydrogens (tertiary/aromatic N) is 2. The fraction of sp³-hybridized carbons (Fsp3) is 0.167. The lowest BCUT2D eigenvalue weighted by atomic mass is 10.0. The van der Waals surface area contributed by atoms with Crippen molar-refractivity contribution < 1.29 is 4.79 Å². The van der Waals surface area contributed by atoms with Gasteiger partial charge < -0.3 is 5.32 Å². The number of amides is 1. The molecule has 2 aromatic carbocycles. The van der Waals surface area contributed by atoms with Crippen LogP contribution in [0.15, 0.2) is 60.8 Å². The number of hydrogen-bond donors (Lipinski definition) is 1. The molecule has 7 heteroatoms. The van der Waals surface area contributed by atoms with Gasteiger partial charge in [0.1, 0.15) is 0 Å². The highest BCUT2D eigenvalue weighted by molar-refractivity contribution is 6.34. The van der Waals surface area contributed by atoms with E-state index in [-0.39, 0.29) is 5.91 Å². The first-order valence-electron chi connectivity index (χ1n) is 9.99. The summed E-state index contributed by atoms with van der Waals surface area (Å²) in [5.41, 5.74) is 4.40. The van der Waals surface area contributed by atoms with Crippen LogP contribution in [0.5, 0.6) is 0 Å². The van der Waals surface area contributed by atoms with E-state index in [2.05, 4.69) is 12.2 Å². The highest BCUT2D eigenvalue weighted by Gasteiger charge is 2.20. The van der Waals surface area contributed by atoms with Gasteiger partial charge in [-0.05, 0) is 36.8 Å². The summed E-state index contributed by atoms with van der Waals surface area (Å²) in [6.45, 7) is 2.70. The predicted molar refractivity (Wildman–Crippen MR) is 128 cm³/mol. The molecule has 158 valence electrons. The first-order valence-corrected chi connectivity index (χ1v) is 11.1. The van der Waals surface area contributed by atoms with E-state index in [0.29, 0.717) is 32.8 Å². The molecular formula is C24H20Cl3N3O. The second-order valence-corrected chi connectivity index (χ2v) is 8.48. The molecule has 0 aliphatic rings. The Kier molecular flexibility index (Phi) is 6.51. The van der Waals surface area contributed by atoms with Crippen LogP contribution in [0.3, 0.4) is 0 Å². The van der Waals surface area contributed by atoms with Crippen molar-refractivity contribution in [1.82, 2.24) is 14.7 Å². The van der Waals surface area contributed by atoms with Crippen molar-refractivity contribution in [2.45, 2.75) is 19.8 Å². The van der Waals surface area contributed by atoms with Crippen molar-refractivity contribution in [2.75, 3.05) is 6.54 Å². The lowest BCUT2D eigenvalue weighted by Crippen LogP contribution is -2.24. The third kappa shape index (κ3) is 4.57. The molecule has 1 N–H and O–H groups in total. The van der Waals surface area contributed by atoms with Crippen molar-refractivity contribution in [2.24, 2.45) is 0 Å². The smallest absolute Gasteiger partial charge is 0.252 e. The SMILES string of the molecule is CCCCNC(=O)c1cc(Cl)c2nc(-c3ccc(Cl)cc3)c(-c3ccc(Cl)cc3)n2c1. The van der Waals surface area contributed by atoms with Crippen LogP contribution in [0.1, 0.15) is 30.1 Å². The van der Waals surface area contributed by atoms with Gasteiger partial charge in [-0.2, -0.15) is 0 Å². The van der Waals surface area contributed by atoms with Crippen LogP contribution in [0.25, 0.3) is 28.2 Å². The summed E-state index contributed by atoms with van der Waals surface area (Å²) >= 11 is 18.8. The number of benzene rings is 2. The van der Waals surface area contributed by atoms with Gasteiger partial charge in [-0.25, -0.2) is 4.98 Å². The maximum atomic E-state index is 12.7. The second-order valence-electron chi connectivity index (χ2n) is 7.20. The molecular weight excluding hydrogens is 453 g/mol. The maximum absolute atomic E-state index is 12.7.